The lowest BCUT2D eigenvalue weighted by atomic mass is 10.2. The molecule has 1 aromatic carbocycles. The second kappa shape index (κ2) is 6.13. The fourth-order valence-electron chi connectivity index (χ4n) is 1.71. The second-order valence-electron chi connectivity index (χ2n) is 4.40. The largest absolute Gasteiger partial charge is 0.337 e. The van der Waals surface area contributed by atoms with Gasteiger partial charge in [-0.15, -0.1) is 0 Å². The van der Waals surface area contributed by atoms with E-state index in [0.717, 1.165) is 12.5 Å². The maximum Gasteiger partial charge on any atom is 0.149 e. The van der Waals surface area contributed by atoms with Crippen molar-refractivity contribution in [3.05, 3.63) is 46.4 Å². The zero-order valence-corrected chi connectivity index (χ0v) is 11.9. The van der Waals surface area contributed by atoms with E-state index < -0.39 is 11.6 Å². The Hall–Kier alpha value is -1.75. The molecule has 6 heteroatoms. The fraction of sp³-hybridized carbons (Fsp3) is 0.286. The van der Waals surface area contributed by atoms with Crippen LogP contribution in [0.25, 0.3) is 0 Å². The summed E-state index contributed by atoms with van der Waals surface area (Å²) in [5, 5.41) is 3.16. The van der Waals surface area contributed by atoms with Crippen LogP contribution < -0.4 is 5.32 Å². The first-order valence-electron chi connectivity index (χ1n) is 6.26. The number of rotatable bonds is 4. The van der Waals surface area contributed by atoms with Gasteiger partial charge in [0.1, 0.15) is 28.4 Å². The normalized spacial score (nSPS) is 10.7. The molecule has 0 saturated heterocycles. The maximum absolute atomic E-state index is 13.6. The Morgan fingerprint density at radius 1 is 1.25 bits per heavy atom. The van der Waals surface area contributed by atoms with Crippen LogP contribution in [0.5, 0.6) is 0 Å². The van der Waals surface area contributed by atoms with Crippen LogP contribution in [0.4, 0.5) is 20.3 Å². The van der Waals surface area contributed by atoms with E-state index in [9.17, 15) is 8.78 Å². The number of aryl methyl sites for hydroxylation is 1. The molecule has 3 nitrogen and oxygen atoms in total. The molecule has 1 aromatic heterocycles. The SMILES string of the molecule is CCCc1nc(Cl)c(C)c(Nc2ccc(F)cc2F)n1. The molecule has 20 heavy (non-hydrogen) atoms. The predicted molar refractivity (Wildman–Crippen MR) is 75.4 cm³/mol. The van der Waals surface area contributed by atoms with Gasteiger partial charge in [-0.2, -0.15) is 0 Å². The van der Waals surface area contributed by atoms with Gasteiger partial charge >= 0.3 is 0 Å². The van der Waals surface area contributed by atoms with Gasteiger partial charge in [0, 0.05) is 18.1 Å². The van der Waals surface area contributed by atoms with E-state index in [4.69, 9.17) is 11.6 Å². The average Bonchev–Trinajstić information content (AvgIpc) is 2.39. The van der Waals surface area contributed by atoms with Crippen LogP contribution in [0.2, 0.25) is 5.15 Å². The summed E-state index contributed by atoms with van der Waals surface area (Å²) in [4.78, 5) is 8.48. The first-order valence-corrected chi connectivity index (χ1v) is 6.64. The van der Waals surface area contributed by atoms with Crippen molar-refractivity contribution in [3.63, 3.8) is 0 Å². The van der Waals surface area contributed by atoms with Gasteiger partial charge in [-0.25, -0.2) is 18.7 Å². The fourth-order valence-corrected chi connectivity index (χ4v) is 1.90. The van der Waals surface area contributed by atoms with Gasteiger partial charge in [-0.3, -0.25) is 0 Å². The Labute approximate surface area is 121 Å². The quantitative estimate of drug-likeness (QED) is 0.849. The topological polar surface area (TPSA) is 37.8 Å². The van der Waals surface area contributed by atoms with Crippen molar-refractivity contribution < 1.29 is 8.78 Å². The lowest BCUT2D eigenvalue weighted by Crippen LogP contribution is -2.04. The Kier molecular flexibility index (Phi) is 4.49. The van der Waals surface area contributed by atoms with E-state index in [2.05, 4.69) is 15.3 Å². The number of halogens is 3. The molecule has 2 aromatic rings. The minimum absolute atomic E-state index is 0.145. The van der Waals surface area contributed by atoms with Gasteiger partial charge in [0.15, 0.2) is 0 Å². The monoisotopic (exact) mass is 297 g/mol. The minimum Gasteiger partial charge on any atom is -0.337 e. The van der Waals surface area contributed by atoms with Crippen LogP contribution >= 0.6 is 11.6 Å². The van der Waals surface area contributed by atoms with Gasteiger partial charge < -0.3 is 5.32 Å². The Bertz CT molecular complexity index is 632. The number of nitrogens with zero attached hydrogens (tertiary/aromatic N) is 2. The summed E-state index contributed by atoms with van der Waals surface area (Å²) in [6.45, 7) is 3.74. The third-order valence-corrected chi connectivity index (χ3v) is 3.16. The number of hydrogen-bond acceptors (Lipinski definition) is 3. The minimum atomic E-state index is -0.684. The summed E-state index contributed by atoms with van der Waals surface area (Å²) in [5.41, 5.74) is 0.766. The lowest BCUT2D eigenvalue weighted by molar-refractivity contribution is 0.586. The molecule has 1 heterocycles. The van der Waals surface area contributed by atoms with Gasteiger partial charge in [-0.05, 0) is 25.5 Å². The first-order chi connectivity index (χ1) is 9.51. The molecule has 0 aliphatic heterocycles. The van der Waals surface area contributed by atoms with Crippen LogP contribution in [-0.2, 0) is 6.42 Å². The zero-order chi connectivity index (χ0) is 14.7. The van der Waals surface area contributed by atoms with Crippen molar-refractivity contribution in [2.24, 2.45) is 0 Å². The summed E-state index contributed by atoms with van der Waals surface area (Å²) in [6.07, 6.45) is 1.56. The Balaban J connectivity index is 2.37. The average molecular weight is 298 g/mol. The van der Waals surface area contributed by atoms with Crippen LogP contribution in [0.15, 0.2) is 18.2 Å². The first kappa shape index (κ1) is 14.7. The summed E-state index contributed by atoms with van der Waals surface area (Å²) >= 11 is 6.04. The van der Waals surface area contributed by atoms with Crippen molar-refractivity contribution in [1.29, 1.82) is 0 Å². The Morgan fingerprint density at radius 3 is 2.65 bits per heavy atom. The van der Waals surface area contributed by atoms with Crippen molar-refractivity contribution >= 4 is 23.1 Å². The maximum atomic E-state index is 13.6. The van der Waals surface area contributed by atoms with Crippen LogP contribution in [-0.4, -0.2) is 9.97 Å². The van der Waals surface area contributed by atoms with Crippen molar-refractivity contribution in [2.75, 3.05) is 5.32 Å². The van der Waals surface area contributed by atoms with E-state index >= 15 is 0 Å². The number of aromatic nitrogens is 2. The number of anilines is 2. The van der Waals surface area contributed by atoms with Gasteiger partial charge in [0.25, 0.3) is 0 Å². The highest BCUT2D eigenvalue weighted by Crippen LogP contribution is 2.25. The molecule has 0 radical (unpaired) electrons. The molecule has 0 saturated carbocycles. The molecule has 0 unspecified atom stereocenters. The van der Waals surface area contributed by atoms with E-state index in [1.165, 1.54) is 12.1 Å². The molecular weight excluding hydrogens is 284 g/mol. The standard InChI is InChI=1S/C14H14ClF2N3/c1-3-4-12-19-13(15)8(2)14(20-12)18-11-6-5-9(16)7-10(11)17/h5-7H,3-4H2,1-2H3,(H,18,19,20). The summed E-state index contributed by atoms with van der Waals surface area (Å²) in [5.74, 6) is -0.291. The van der Waals surface area contributed by atoms with E-state index in [0.29, 0.717) is 28.8 Å². The zero-order valence-electron chi connectivity index (χ0n) is 11.2. The highest BCUT2D eigenvalue weighted by atomic mass is 35.5. The second-order valence-corrected chi connectivity index (χ2v) is 4.76. The number of nitrogens with one attached hydrogen (secondary N) is 1. The van der Waals surface area contributed by atoms with Crippen LogP contribution in [0, 0.1) is 18.6 Å². The smallest absolute Gasteiger partial charge is 0.149 e. The molecule has 0 aliphatic carbocycles. The number of benzene rings is 1. The number of hydrogen-bond donors (Lipinski definition) is 1. The third-order valence-electron chi connectivity index (χ3n) is 2.79. The molecule has 106 valence electrons. The molecule has 0 atom stereocenters. The van der Waals surface area contributed by atoms with Crippen LogP contribution in [0.1, 0.15) is 24.7 Å². The van der Waals surface area contributed by atoms with Gasteiger partial charge in [-0.1, -0.05) is 18.5 Å². The Morgan fingerprint density at radius 2 is 2.00 bits per heavy atom. The van der Waals surface area contributed by atoms with Gasteiger partial charge in [0.2, 0.25) is 0 Å². The van der Waals surface area contributed by atoms with Crippen molar-refractivity contribution in [1.82, 2.24) is 9.97 Å². The highest BCUT2D eigenvalue weighted by Gasteiger charge is 2.11. The molecule has 0 spiro atoms. The third kappa shape index (κ3) is 3.22. The molecule has 0 amide bonds. The predicted octanol–water partition coefficient (Wildman–Crippen LogP) is 4.41. The molecule has 0 bridgehead atoms. The summed E-state index contributed by atoms with van der Waals surface area (Å²) < 4.78 is 26.5. The van der Waals surface area contributed by atoms with Crippen molar-refractivity contribution in [2.45, 2.75) is 26.7 Å². The molecular formula is C14H14ClF2N3. The van der Waals surface area contributed by atoms with E-state index in [-0.39, 0.29) is 5.69 Å². The molecule has 0 fully saturated rings. The lowest BCUT2D eigenvalue weighted by Gasteiger charge is -2.12. The van der Waals surface area contributed by atoms with E-state index in [1.807, 2.05) is 6.92 Å². The van der Waals surface area contributed by atoms with Crippen molar-refractivity contribution in [3.8, 4) is 0 Å². The molecule has 0 aliphatic rings. The highest BCUT2D eigenvalue weighted by molar-refractivity contribution is 6.30. The summed E-state index contributed by atoms with van der Waals surface area (Å²) in [6, 6.07) is 3.31. The molecule has 2 rings (SSSR count). The van der Waals surface area contributed by atoms with Gasteiger partial charge in [0.05, 0.1) is 5.69 Å². The van der Waals surface area contributed by atoms with Crippen LogP contribution in [0.3, 0.4) is 0 Å². The summed E-state index contributed by atoms with van der Waals surface area (Å²) in [7, 11) is 0. The molecule has 1 N–H and O–H groups in total. The van der Waals surface area contributed by atoms with E-state index in [1.54, 1.807) is 6.92 Å².